The van der Waals surface area contributed by atoms with Crippen molar-refractivity contribution in [3.63, 3.8) is 0 Å². The third kappa shape index (κ3) is 3.74. The van der Waals surface area contributed by atoms with Crippen molar-refractivity contribution in [3.05, 3.63) is 23.9 Å². The van der Waals surface area contributed by atoms with E-state index in [2.05, 4.69) is 46.1 Å². The number of aromatic nitrogens is 1. The minimum absolute atomic E-state index is 0.693. The zero-order valence-corrected chi connectivity index (χ0v) is 13.4. The molecule has 1 saturated carbocycles. The molecule has 1 aromatic rings. The first-order valence-corrected chi connectivity index (χ1v) is 8.47. The summed E-state index contributed by atoms with van der Waals surface area (Å²) in [6.45, 7) is 10.0. The van der Waals surface area contributed by atoms with Gasteiger partial charge in [0, 0.05) is 37.9 Å². The highest BCUT2D eigenvalue weighted by Crippen LogP contribution is 2.22. The second-order valence-electron chi connectivity index (χ2n) is 6.29. The molecule has 0 spiro atoms. The second kappa shape index (κ2) is 6.75. The Morgan fingerprint density at radius 3 is 2.67 bits per heavy atom. The van der Waals surface area contributed by atoms with Gasteiger partial charge in [-0.25, -0.2) is 4.98 Å². The lowest BCUT2D eigenvalue weighted by Gasteiger charge is -2.26. The maximum absolute atomic E-state index is 4.67. The van der Waals surface area contributed by atoms with Crippen LogP contribution < -0.4 is 10.2 Å². The molecule has 1 aromatic heterocycles. The SMILES string of the molecule is CCN(CC)C1CCN(c2ccc(CNC3CC3)cn2)C1. The van der Waals surface area contributed by atoms with Crippen LogP contribution in [0.3, 0.4) is 0 Å². The molecular weight excluding hydrogens is 260 g/mol. The summed E-state index contributed by atoms with van der Waals surface area (Å²) in [5, 5.41) is 3.54. The van der Waals surface area contributed by atoms with E-state index in [4.69, 9.17) is 0 Å². The number of nitrogens with one attached hydrogen (secondary N) is 1. The normalized spacial score (nSPS) is 22.2. The van der Waals surface area contributed by atoms with Crippen molar-refractivity contribution >= 4 is 5.82 Å². The Balaban J connectivity index is 1.54. The highest BCUT2D eigenvalue weighted by atomic mass is 15.3. The molecule has 2 aliphatic rings. The van der Waals surface area contributed by atoms with Crippen LogP contribution in [-0.2, 0) is 6.54 Å². The van der Waals surface area contributed by atoms with Crippen molar-refractivity contribution in [2.75, 3.05) is 31.1 Å². The first kappa shape index (κ1) is 14.8. The molecule has 0 aromatic carbocycles. The van der Waals surface area contributed by atoms with Gasteiger partial charge in [-0.15, -0.1) is 0 Å². The molecule has 0 amide bonds. The lowest BCUT2D eigenvalue weighted by molar-refractivity contribution is 0.232. The van der Waals surface area contributed by atoms with Crippen molar-refractivity contribution in [1.29, 1.82) is 0 Å². The number of nitrogens with zero attached hydrogens (tertiary/aromatic N) is 3. The van der Waals surface area contributed by atoms with Crippen LogP contribution in [-0.4, -0.2) is 48.1 Å². The quantitative estimate of drug-likeness (QED) is 0.834. The van der Waals surface area contributed by atoms with Crippen molar-refractivity contribution in [2.45, 2.75) is 51.7 Å². The molecule has 1 N–H and O–H groups in total. The van der Waals surface area contributed by atoms with E-state index in [0.29, 0.717) is 6.04 Å². The van der Waals surface area contributed by atoms with Crippen LogP contribution in [0.1, 0.15) is 38.7 Å². The van der Waals surface area contributed by atoms with Crippen molar-refractivity contribution in [2.24, 2.45) is 0 Å². The smallest absolute Gasteiger partial charge is 0.128 e. The van der Waals surface area contributed by atoms with E-state index in [9.17, 15) is 0 Å². The standard InChI is InChI=1S/C17H28N4/c1-3-20(4-2)16-9-10-21(13-16)17-8-5-14(12-19-17)11-18-15-6-7-15/h5,8,12,15-16,18H,3-4,6-7,9-11,13H2,1-2H3. The van der Waals surface area contributed by atoms with Crippen molar-refractivity contribution in [1.82, 2.24) is 15.2 Å². The van der Waals surface area contributed by atoms with Gasteiger partial charge in [0.15, 0.2) is 0 Å². The summed E-state index contributed by atoms with van der Waals surface area (Å²) in [7, 11) is 0. The maximum atomic E-state index is 4.67. The molecule has 4 nitrogen and oxygen atoms in total. The Bertz CT molecular complexity index is 437. The zero-order valence-electron chi connectivity index (χ0n) is 13.4. The maximum Gasteiger partial charge on any atom is 0.128 e. The largest absolute Gasteiger partial charge is 0.355 e. The van der Waals surface area contributed by atoms with Crippen molar-refractivity contribution < 1.29 is 0 Å². The summed E-state index contributed by atoms with van der Waals surface area (Å²) in [6, 6.07) is 5.87. The topological polar surface area (TPSA) is 31.4 Å². The first-order chi connectivity index (χ1) is 10.3. The lowest BCUT2D eigenvalue weighted by Crippen LogP contribution is -2.37. The molecule has 116 valence electrons. The summed E-state index contributed by atoms with van der Waals surface area (Å²) in [5.41, 5.74) is 1.30. The molecular formula is C17H28N4. The highest BCUT2D eigenvalue weighted by molar-refractivity contribution is 5.41. The first-order valence-electron chi connectivity index (χ1n) is 8.47. The zero-order chi connectivity index (χ0) is 14.7. The minimum Gasteiger partial charge on any atom is -0.355 e. The third-order valence-electron chi connectivity index (χ3n) is 4.80. The molecule has 0 radical (unpaired) electrons. The predicted octanol–water partition coefficient (Wildman–Crippen LogP) is 2.25. The van der Waals surface area contributed by atoms with Gasteiger partial charge in [-0.2, -0.15) is 0 Å². The van der Waals surface area contributed by atoms with Crippen LogP contribution in [0.15, 0.2) is 18.3 Å². The molecule has 3 rings (SSSR count). The lowest BCUT2D eigenvalue weighted by atomic mass is 10.2. The van der Waals surface area contributed by atoms with Gasteiger partial charge in [0.2, 0.25) is 0 Å². The Morgan fingerprint density at radius 2 is 2.05 bits per heavy atom. The van der Waals surface area contributed by atoms with Gasteiger partial charge in [0.25, 0.3) is 0 Å². The van der Waals surface area contributed by atoms with Gasteiger partial charge in [-0.05, 0) is 44.0 Å². The fourth-order valence-electron chi connectivity index (χ4n) is 3.25. The Labute approximate surface area is 128 Å². The average molecular weight is 288 g/mol. The van der Waals surface area contributed by atoms with Crippen LogP contribution in [0.4, 0.5) is 5.82 Å². The molecule has 0 bridgehead atoms. The fourth-order valence-corrected chi connectivity index (χ4v) is 3.25. The van der Waals surface area contributed by atoms with Gasteiger partial charge in [0.05, 0.1) is 0 Å². The molecule has 1 aliphatic heterocycles. The summed E-state index contributed by atoms with van der Waals surface area (Å²) in [6.07, 6.45) is 5.97. The number of likely N-dealkylation sites (N-methyl/N-ethyl adjacent to an activating group) is 1. The third-order valence-corrected chi connectivity index (χ3v) is 4.80. The van der Waals surface area contributed by atoms with Crippen LogP contribution in [0.5, 0.6) is 0 Å². The predicted molar refractivity (Wildman–Crippen MR) is 87.6 cm³/mol. The number of rotatable bonds is 7. The molecule has 1 aliphatic carbocycles. The number of hydrogen-bond acceptors (Lipinski definition) is 4. The summed E-state index contributed by atoms with van der Waals surface area (Å²) in [4.78, 5) is 9.67. The summed E-state index contributed by atoms with van der Waals surface area (Å²) in [5.74, 6) is 1.14. The van der Waals surface area contributed by atoms with Gasteiger partial charge >= 0.3 is 0 Å². The molecule has 1 saturated heterocycles. The second-order valence-corrected chi connectivity index (χ2v) is 6.29. The summed E-state index contributed by atoms with van der Waals surface area (Å²) < 4.78 is 0. The van der Waals surface area contributed by atoms with E-state index >= 15 is 0 Å². The number of pyridine rings is 1. The molecule has 21 heavy (non-hydrogen) atoms. The molecule has 2 heterocycles. The van der Waals surface area contributed by atoms with Crippen LogP contribution in [0.2, 0.25) is 0 Å². The van der Waals surface area contributed by atoms with Gasteiger partial charge in [-0.3, -0.25) is 4.90 Å². The number of hydrogen-bond donors (Lipinski definition) is 1. The molecule has 1 unspecified atom stereocenters. The summed E-state index contributed by atoms with van der Waals surface area (Å²) >= 11 is 0. The highest BCUT2D eigenvalue weighted by Gasteiger charge is 2.26. The van der Waals surface area contributed by atoms with Crippen LogP contribution in [0.25, 0.3) is 0 Å². The molecule has 4 heteroatoms. The monoisotopic (exact) mass is 288 g/mol. The molecule has 1 atom stereocenters. The van der Waals surface area contributed by atoms with E-state index in [1.165, 1.54) is 24.8 Å². The Morgan fingerprint density at radius 1 is 1.24 bits per heavy atom. The van der Waals surface area contributed by atoms with Gasteiger partial charge in [0.1, 0.15) is 5.82 Å². The van der Waals surface area contributed by atoms with E-state index < -0.39 is 0 Å². The van der Waals surface area contributed by atoms with E-state index in [0.717, 1.165) is 44.6 Å². The molecule has 2 fully saturated rings. The van der Waals surface area contributed by atoms with Crippen molar-refractivity contribution in [3.8, 4) is 0 Å². The minimum atomic E-state index is 0.693. The van der Waals surface area contributed by atoms with Gasteiger partial charge in [-0.1, -0.05) is 19.9 Å². The average Bonchev–Trinajstić information content (AvgIpc) is 3.23. The Kier molecular flexibility index (Phi) is 4.76. The number of anilines is 1. The van der Waals surface area contributed by atoms with E-state index in [-0.39, 0.29) is 0 Å². The van der Waals surface area contributed by atoms with Crippen LogP contribution in [0, 0.1) is 0 Å². The van der Waals surface area contributed by atoms with E-state index in [1.807, 2.05) is 6.20 Å². The Hall–Kier alpha value is -1.13. The van der Waals surface area contributed by atoms with E-state index in [1.54, 1.807) is 0 Å². The fraction of sp³-hybridized carbons (Fsp3) is 0.706. The van der Waals surface area contributed by atoms with Crippen LogP contribution >= 0.6 is 0 Å². The van der Waals surface area contributed by atoms with Gasteiger partial charge < -0.3 is 10.2 Å².